The predicted octanol–water partition coefficient (Wildman–Crippen LogP) is 13.5. The van der Waals surface area contributed by atoms with Gasteiger partial charge in [0.15, 0.2) is 0 Å². The lowest BCUT2D eigenvalue weighted by Gasteiger charge is -2.22. The molecule has 0 aliphatic rings. The van der Waals surface area contributed by atoms with Gasteiger partial charge in [0, 0.05) is 0 Å². The van der Waals surface area contributed by atoms with Gasteiger partial charge in [-0.2, -0.15) is 0 Å². The zero-order valence-corrected chi connectivity index (χ0v) is 26.5. The summed E-state index contributed by atoms with van der Waals surface area (Å²) in [4.78, 5) is 0. The highest BCUT2D eigenvalue weighted by atomic mass is 14.2. The third-order valence-corrected chi connectivity index (χ3v) is 9.67. The topological polar surface area (TPSA) is 0 Å². The van der Waals surface area contributed by atoms with Crippen LogP contribution in [0.25, 0.3) is 88.0 Å². The van der Waals surface area contributed by atoms with Gasteiger partial charge in [-0.05, 0) is 94.0 Å². The second-order valence-electron chi connectivity index (χ2n) is 12.4. The third kappa shape index (κ3) is 4.70. The van der Waals surface area contributed by atoms with E-state index in [0.717, 1.165) is 0 Å². The molecule has 9 rings (SSSR count). The fourth-order valence-electron chi connectivity index (χ4n) is 7.55. The van der Waals surface area contributed by atoms with Gasteiger partial charge in [0.05, 0.1) is 0 Å². The number of rotatable bonds is 5. The van der Waals surface area contributed by atoms with Crippen molar-refractivity contribution in [2.45, 2.75) is 0 Å². The first-order valence-electron chi connectivity index (χ1n) is 16.6. The van der Waals surface area contributed by atoms with E-state index in [9.17, 15) is 0 Å². The van der Waals surface area contributed by atoms with Crippen LogP contribution in [0.3, 0.4) is 0 Å². The van der Waals surface area contributed by atoms with Crippen molar-refractivity contribution in [1.29, 1.82) is 0 Å². The molecule has 224 valence electrons. The van der Waals surface area contributed by atoms with Crippen LogP contribution < -0.4 is 0 Å². The highest BCUT2D eigenvalue weighted by Crippen LogP contribution is 2.50. The summed E-state index contributed by atoms with van der Waals surface area (Å²) >= 11 is 0. The lowest BCUT2D eigenvalue weighted by Crippen LogP contribution is -1.95. The quantitative estimate of drug-likeness (QED) is 0.171. The molecule has 0 unspecified atom stereocenters. The van der Waals surface area contributed by atoms with Gasteiger partial charge in [-0.3, -0.25) is 0 Å². The van der Waals surface area contributed by atoms with Gasteiger partial charge in [-0.15, -0.1) is 0 Å². The summed E-state index contributed by atoms with van der Waals surface area (Å²) in [5.41, 5.74) is 12.4. The minimum atomic E-state index is 1.21. The molecule has 9 aromatic carbocycles. The van der Waals surface area contributed by atoms with Gasteiger partial charge in [0.25, 0.3) is 0 Å². The van der Waals surface area contributed by atoms with Crippen molar-refractivity contribution < 1.29 is 0 Å². The van der Waals surface area contributed by atoms with Crippen LogP contribution in [0.2, 0.25) is 0 Å². The molecule has 0 aliphatic heterocycles. The van der Waals surface area contributed by atoms with Crippen LogP contribution in [0.5, 0.6) is 0 Å². The minimum Gasteiger partial charge on any atom is -0.0622 e. The van der Waals surface area contributed by atoms with Crippen molar-refractivity contribution in [3.05, 3.63) is 194 Å². The molecule has 0 spiro atoms. The second kappa shape index (κ2) is 11.8. The SMILES string of the molecule is c1ccc(-c2cccc(-c3cccc4c(-c5cccc6ccccc56)c5ccccc5c(-c5ccccc5-c5ccccc5)c34)c2)cc1. The van der Waals surface area contributed by atoms with Crippen molar-refractivity contribution in [3.63, 3.8) is 0 Å². The van der Waals surface area contributed by atoms with Gasteiger partial charge in [0.2, 0.25) is 0 Å². The van der Waals surface area contributed by atoms with E-state index in [2.05, 4.69) is 194 Å². The Bertz CT molecular complexity index is 2590. The lowest BCUT2D eigenvalue weighted by molar-refractivity contribution is 1.59. The van der Waals surface area contributed by atoms with Crippen molar-refractivity contribution in [1.82, 2.24) is 0 Å². The van der Waals surface area contributed by atoms with Gasteiger partial charge < -0.3 is 0 Å². The molecular formula is C48H32. The fraction of sp³-hybridized carbons (Fsp3) is 0. The molecule has 0 heteroatoms. The van der Waals surface area contributed by atoms with E-state index in [1.54, 1.807) is 0 Å². The molecule has 0 saturated heterocycles. The van der Waals surface area contributed by atoms with E-state index in [0.29, 0.717) is 0 Å². The smallest absolute Gasteiger partial charge is 0.00139 e. The summed E-state index contributed by atoms with van der Waals surface area (Å²) < 4.78 is 0. The van der Waals surface area contributed by atoms with Crippen LogP contribution >= 0.6 is 0 Å². The molecule has 0 saturated carbocycles. The van der Waals surface area contributed by atoms with Crippen LogP contribution in [-0.4, -0.2) is 0 Å². The molecular weight excluding hydrogens is 577 g/mol. The maximum atomic E-state index is 2.35. The summed E-state index contributed by atoms with van der Waals surface area (Å²) in [6.07, 6.45) is 0. The van der Waals surface area contributed by atoms with Crippen molar-refractivity contribution in [2.24, 2.45) is 0 Å². The van der Waals surface area contributed by atoms with E-state index in [4.69, 9.17) is 0 Å². The van der Waals surface area contributed by atoms with E-state index >= 15 is 0 Å². The van der Waals surface area contributed by atoms with E-state index in [1.807, 2.05) is 0 Å². The Morgan fingerprint density at radius 3 is 1.50 bits per heavy atom. The first kappa shape index (κ1) is 28.0. The number of hydrogen-bond donors (Lipinski definition) is 0. The summed E-state index contributed by atoms with van der Waals surface area (Å²) in [6, 6.07) is 70.8. The first-order valence-corrected chi connectivity index (χ1v) is 16.6. The van der Waals surface area contributed by atoms with Crippen molar-refractivity contribution in [3.8, 4) is 55.6 Å². The van der Waals surface area contributed by atoms with Crippen LogP contribution in [-0.2, 0) is 0 Å². The Hall–Kier alpha value is -6.24. The first-order chi connectivity index (χ1) is 23.8. The van der Waals surface area contributed by atoms with Gasteiger partial charge in [-0.25, -0.2) is 0 Å². The van der Waals surface area contributed by atoms with Crippen molar-refractivity contribution in [2.75, 3.05) is 0 Å². The molecule has 48 heavy (non-hydrogen) atoms. The van der Waals surface area contributed by atoms with Gasteiger partial charge >= 0.3 is 0 Å². The Morgan fingerprint density at radius 2 is 0.708 bits per heavy atom. The highest BCUT2D eigenvalue weighted by molar-refractivity contribution is 6.27. The third-order valence-electron chi connectivity index (χ3n) is 9.67. The summed E-state index contributed by atoms with van der Waals surface area (Å²) in [7, 11) is 0. The van der Waals surface area contributed by atoms with Crippen LogP contribution in [0.4, 0.5) is 0 Å². The minimum absolute atomic E-state index is 1.21. The molecule has 0 atom stereocenters. The molecule has 0 aromatic heterocycles. The lowest BCUT2D eigenvalue weighted by atomic mass is 9.80. The monoisotopic (exact) mass is 608 g/mol. The molecule has 0 fully saturated rings. The largest absolute Gasteiger partial charge is 0.0622 e. The van der Waals surface area contributed by atoms with E-state index in [-0.39, 0.29) is 0 Å². The van der Waals surface area contributed by atoms with Gasteiger partial charge in [-0.1, -0.05) is 188 Å². The molecule has 0 N–H and O–H groups in total. The molecule has 0 nitrogen and oxygen atoms in total. The molecule has 0 radical (unpaired) electrons. The number of hydrogen-bond acceptors (Lipinski definition) is 0. The maximum Gasteiger partial charge on any atom is -0.00139 e. The summed E-state index contributed by atoms with van der Waals surface area (Å²) in [5, 5.41) is 7.55. The predicted molar refractivity (Wildman–Crippen MR) is 206 cm³/mol. The maximum absolute atomic E-state index is 2.35. The highest BCUT2D eigenvalue weighted by Gasteiger charge is 2.22. The molecule has 9 aromatic rings. The van der Waals surface area contributed by atoms with Crippen LogP contribution in [0.15, 0.2) is 194 Å². The average molecular weight is 609 g/mol. The Balaban J connectivity index is 1.46. The van der Waals surface area contributed by atoms with Crippen molar-refractivity contribution >= 4 is 32.3 Å². The zero-order valence-electron chi connectivity index (χ0n) is 26.5. The molecule has 0 bridgehead atoms. The summed E-state index contributed by atoms with van der Waals surface area (Å²) in [6.45, 7) is 0. The molecule has 0 heterocycles. The zero-order chi connectivity index (χ0) is 31.9. The van der Waals surface area contributed by atoms with Crippen LogP contribution in [0, 0.1) is 0 Å². The van der Waals surface area contributed by atoms with Crippen LogP contribution in [0.1, 0.15) is 0 Å². The van der Waals surface area contributed by atoms with E-state index < -0.39 is 0 Å². The second-order valence-corrected chi connectivity index (χ2v) is 12.4. The Labute approximate surface area is 281 Å². The molecule has 0 aliphatic carbocycles. The average Bonchev–Trinajstić information content (AvgIpc) is 3.17. The summed E-state index contributed by atoms with van der Waals surface area (Å²) in [5.74, 6) is 0. The Kier molecular flexibility index (Phi) is 6.91. The number of benzene rings is 9. The fourth-order valence-corrected chi connectivity index (χ4v) is 7.55. The molecule has 0 amide bonds. The number of fused-ring (bicyclic) bond motifs is 3. The van der Waals surface area contributed by atoms with E-state index in [1.165, 1.54) is 88.0 Å². The van der Waals surface area contributed by atoms with Gasteiger partial charge in [0.1, 0.15) is 0 Å². The standard InChI is InChI=1S/C48H32/c1-3-16-33(17-4-1)36-22-13-23-37(32-36)40-29-15-31-45-46(41-30-14-21-35-20-7-8-24-38(35)41)43-27-11-12-28-44(43)48(47(40)45)42-26-10-9-25-39(42)34-18-5-2-6-19-34/h1-32H. The Morgan fingerprint density at radius 1 is 0.229 bits per heavy atom. The normalized spacial score (nSPS) is 11.3.